The van der Waals surface area contributed by atoms with Crippen LogP contribution in [0.15, 0.2) is 35.5 Å². The highest BCUT2D eigenvalue weighted by atomic mass is 32.2. The fraction of sp³-hybridized carbons (Fsp3) is 0.353. The van der Waals surface area contributed by atoms with Gasteiger partial charge in [-0.1, -0.05) is 0 Å². The summed E-state index contributed by atoms with van der Waals surface area (Å²) in [4.78, 5) is 7.03. The number of sulfonamides is 1. The van der Waals surface area contributed by atoms with Gasteiger partial charge in [0, 0.05) is 31.5 Å². The zero-order valence-corrected chi connectivity index (χ0v) is 15.6. The van der Waals surface area contributed by atoms with Crippen molar-refractivity contribution in [3.8, 4) is 6.07 Å². The van der Waals surface area contributed by atoms with Gasteiger partial charge in [-0.15, -0.1) is 0 Å². The van der Waals surface area contributed by atoms with Gasteiger partial charge in [-0.25, -0.2) is 22.8 Å². The minimum absolute atomic E-state index is 0.0217. The van der Waals surface area contributed by atoms with E-state index in [0.29, 0.717) is 25.2 Å². The third kappa shape index (κ3) is 4.63. The zero-order valence-electron chi connectivity index (χ0n) is 14.8. The average Bonchev–Trinajstić information content (AvgIpc) is 2.68. The molecule has 0 aliphatic carbocycles. The van der Waals surface area contributed by atoms with Crippen LogP contribution in [0.3, 0.4) is 0 Å². The summed E-state index contributed by atoms with van der Waals surface area (Å²) in [6, 6.07) is 4.50. The van der Waals surface area contributed by atoms with Gasteiger partial charge < -0.3 is 5.32 Å². The molecule has 0 saturated carbocycles. The summed E-state index contributed by atoms with van der Waals surface area (Å²) in [5, 5.41) is 11.6. The Balaban J connectivity index is 1.63. The van der Waals surface area contributed by atoms with Gasteiger partial charge in [0.15, 0.2) is 0 Å². The summed E-state index contributed by atoms with van der Waals surface area (Å²) < 4.78 is 77.9. The van der Waals surface area contributed by atoms with Crippen molar-refractivity contribution in [1.82, 2.24) is 14.3 Å². The second kappa shape index (κ2) is 7.92. The number of nitrogens with one attached hydrogen (secondary N) is 1. The predicted molar refractivity (Wildman–Crippen MR) is 93.6 cm³/mol. The number of halogens is 4. The topological polar surface area (TPSA) is 99.0 Å². The Hall–Kier alpha value is -2.78. The number of nitrogens with zero attached hydrogens (tertiary/aromatic N) is 4. The Morgan fingerprint density at radius 3 is 2.31 bits per heavy atom. The summed E-state index contributed by atoms with van der Waals surface area (Å²) in [6.07, 6.45) is -2.45. The third-order valence-corrected chi connectivity index (χ3v) is 6.36. The fourth-order valence-electron chi connectivity index (χ4n) is 2.87. The molecule has 0 radical (unpaired) electrons. The summed E-state index contributed by atoms with van der Waals surface area (Å²) in [6.45, 7) is 0.254. The van der Waals surface area contributed by atoms with Gasteiger partial charge in [0.25, 0.3) is 0 Å². The smallest absolute Gasteiger partial charge is 0.351 e. The van der Waals surface area contributed by atoms with Gasteiger partial charge in [0.2, 0.25) is 16.0 Å². The van der Waals surface area contributed by atoms with Crippen molar-refractivity contribution in [2.24, 2.45) is 0 Å². The van der Waals surface area contributed by atoms with Crippen LogP contribution < -0.4 is 5.32 Å². The maximum Gasteiger partial charge on any atom is 0.419 e. The second-order valence-electron chi connectivity index (χ2n) is 6.37. The molecule has 29 heavy (non-hydrogen) atoms. The monoisotopic (exact) mass is 429 g/mol. The maximum atomic E-state index is 13.8. The van der Waals surface area contributed by atoms with E-state index in [1.807, 2.05) is 0 Å². The average molecular weight is 429 g/mol. The molecule has 0 spiro atoms. The van der Waals surface area contributed by atoms with Gasteiger partial charge >= 0.3 is 6.18 Å². The van der Waals surface area contributed by atoms with E-state index in [1.165, 1.54) is 10.4 Å². The first-order valence-corrected chi connectivity index (χ1v) is 9.91. The first-order valence-electron chi connectivity index (χ1n) is 8.47. The zero-order chi connectivity index (χ0) is 21.2. The van der Waals surface area contributed by atoms with E-state index in [9.17, 15) is 26.0 Å². The second-order valence-corrected chi connectivity index (χ2v) is 8.31. The van der Waals surface area contributed by atoms with Crippen molar-refractivity contribution in [2.45, 2.75) is 30.0 Å². The third-order valence-electron chi connectivity index (χ3n) is 4.47. The lowest BCUT2D eigenvalue weighted by atomic mass is 10.1. The fourth-order valence-corrected chi connectivity index (χ4v) is 4.35. The van der Waals surface area contributed by atoms with Crippen molar-refractivity contribution < 1.29 is 26.0 Å². The highest BCUT2D eigenvalue weighted by Crippen LogP contribution is 2.28. The van der Waals surface area contributed by atoms with Crippen LogP contribution in [0.2, 0.25) is 0 Å². The molecule has 0 amide bonds. The van der Waals surface area contributed by atoms with Crippen LogP contribution in [-0.2, 0) is 16.2 Å². The van der Waals surface area contributed by atoms with E-state index in [0.717, 1.165) is 12.1 Å². The van der Waals surface area contributed by atoms with E-state index in [4.69, 9.17) is 5.26 Å². The van der Waals surface area contributed by atoms with Crippen LogP contribution in [0.5, 0.6) is 0 Å². The predicted octanol–water partition coefficient (Wildman–Crippen LogP) is 2.77. The quantitative estimate of drug-likeness (QED) is 0.751. The summed E-state index contributed by atoms with van der Waals surface area (Å²) >= 11 is 0. The molecular weight excluding hydrogens is 414 g/mol. The first-order chi connectivity index (χ1) is 13.6. The SMILES string of the molecule is N#Cc1ccc(S(=O)(=O)N2CCC(Nc3ncc(C(F)(F)F)cn3)CC2)cc1F. The molecule has 1 fully saturated rings. The minimum Gasteiger partial charge on any atom is -0.351 e. The Labute approximate surface area is 164 Å². The molecule has 154 valence electrons. The lowest BCUT2D eigenvalue weighted by Crippen LogP contribution is -2.42. The summed E-state index contributed by atoms with van der Waals surface area (Å²) in [5.41, 5.74) is -1.21. The molecule has 0 atom stereocenters. The van der Waals surface area contributed by atoms with Gasteiger partial charge in [-0.3, -0.25) is 0 Å². The molecule has 7 nitrogen and oxygen atoms in total. The Bertz CT molecular complexity index is 1030. The standard InChI is InChI=1S/C17H15F4N5O2S/c18-15-7-14(2-1-11(15)8-22)29(27,28)26-5-3-13(4-6-26)25-16-23-9-12(10-24-16)17(19,20)21/h1-2,7,9-10,13H,3-6H2,(H,23,24,25). The van der Waals surface area contributed by atoms with Crippen LogP contribution >= 0.6 is 0 Å². The molecule has 2 heterocycles. The van der Waals surface area contributed by atoms with Crippen LogP contribution in [-0.4, -0.2) is 41.8 Å². The molecule has 1 aromatic heterocycles. The Morgan fingerprint density at radius 2 is 1.79 bits per heavy atom. The molecule has 1 N–H and O–H groups in total. The number of hydrogen-bond acceptors (Lipinski definition) is 6. The van der Waals surface area contributed by atoms with Crippen LogP contribution in [0, 0.1) is 17.1 Å². The van der Waals surface area contributed by atoms with E-state index >= 15 is 0 Å². The Morgan fingerprint density at radius 1 is 1.17 bits per heavy atom. The van der Waals surface area contributed by atoms with Crippen LogP contribution in [0.25, 0.3) is 0 Å². The molecule has 0 unspecified atom stereocenters. The molecule has 3 rings (SSSR count). The van der Waals surface area contributed by atoms with Crippen molar-refractivity contribution in [3.05, 3.63) is 47.5 Å². The number of benzene rings is 1. The molecule has 12 heteroatoms. The number of aromatic nitrogens is 2. The van der Waals surface area contributed by atoms with Crippen molar-refractivity contribution in [3.63, 3.8) is 0 Å². The molecule has 1 aromatic carbocycles. The number of nitriles is 1. The minimum atomic E-state index is -4.52. The first kappa shape index (κ1) is 20.9. The largest absolute Gasteiger partial charge is 0.419 e. The lowest BCUT2D eigenvalue weighted by Gasteiger charge is -2.31. The number of piperidine rings is 1. The summed E-state index contributed by atoms with van der Waals surface area (Å²) in [7, 11) is -3.93. The molecular formula is C17H15F4N5O2S. The normalized spacial score (nSPS) is 16.4. The van der Waals surface area contributed by atoms with Crippen molar-refractivity contribution in [2.75, 3.05) is 18.4 Å². The molecule has 1 saturated heterocycles. The van der Waals surface area contributed by atoms with Crippen LogP contribution in [0.1, 0.15) is 24.0 Å². The van der Waals surface area contributed by atoms with Gasteiger partial charge in [0.05, 0.1) is 16.0 Å². The summed E-state index contributed by atoms with van der Waals surface area (Å²) in [5.74, 6) is -0.891. The van der Waals surface area contributed by atoms with Crippen molar-refractivity contribution in [1.29, 1.82) is 5.26 Å². The van der Waals surface area contributed by atoms with E-state index < -0.39 is 27.6 Å². The van der Waals surface area contributed by atoms with Crippen molar-refractivity contribution >= 4 is 16.0 Å². The van der Waals surface area contributed by atoms with Gasteiger partial charge in [-0.05, 0) is 31.0 Å². The number of anilines is 1. The number of hydrogen-bond donors (Lipinski definition) is 1. The maximum absolute atomic E-state index is 13.8. The van der Waals surface area contributed by atoms with E-state index in [2.05, 4.69) is 15.3 Å². The molecule has 1 aliphatic heterocycles. The number of rotatable bonds is 4. The lowest BCUT2D eigenvalue weighted by molar-refractivity contribution is -0.138. The number of alkyl halides is 3. The van der Waals surface area contributed by atoms with E-state index in [-0.39, 0.29) is 35.5 Å². The molecule has 2 aromatic rings. The Kier molecular flexibility index (Phi) is 5.72. The van der Waals surface area contributed by atoms with Gasteiger partial charge in [-0.2, -0.15) is 22.7 Å². The van der Waals surface area contributed by atoms with E-state index in [1.54, 1.807) is 6.07 Å². The molecule has 0 bridgehead atoms. The van der Waals surface area contributed by atoms with Crippen LogP contribution in [0.4, 0.5) is 23.5 Å². The molecule has 1 aliphatic rings. The highest BCUT2D eigenvalue weighted by Gasteiger charge is 2.32. The van der Waals surface area contributed by atoms with Gasteiger partial charge in [0.1, 0.15) is 11.9 Å². The highest BCUT2D eigenvalue weighted by molar-refractivity contribution is 7.89.